The molecule has 0 spiro atoms. The Morgan fingerprint density at radius 1 is 1.12 bits per heavy atom. The van der Waals surface area contributed by atoms with Crippen molar-refractivity contribution in [2.75, 3.05) is 18.5 Å². The number of carbonyl (C=O) groups is 2. The summed E-state index contributed by atoms with van der Waals surface area (Å²) in [5.41, 5.74) is 3.18. The molecule has 0 saturated heterocycles. The molecule has 2 aromatic rings. The first-order valence-electron chi connectivity index (χ1n) is 8.16. The van der Waals surface area contributed by atoms with Crippen molar-refractivity contribution in [1.29, 1.82) is 0 Å². The molecule has 0 aliphatic carbocycles. The van der Waals surface area contributed by atoms with Gasteiger partial charge in [0.2, 0.25) is 6.17 Å². The van der Waals surface area contributed by atoms with E-state index >= 15 is 0 Å². The van der Waals surface area contributed by atoms with Gasteiger partial charge < -0.3 is 15.5 Å². The number of para-hydroxylation sites is 1. The molecule has 0 aromatic heterocycles. The highest BCUT2D eigenvalue weighted by Crippen LogP contribution is 2.26. The van der Waals surface area contributed by atoms with Crippen LogP contribution in [0.4, 0.5) is 10.5 Å². The summed E-state index contributed by atoms with van der Waals surface area (Å²) in [6.45, 7) is 2.28. The Balaban J connectivity index is 2.11. The number of benzodiazepines with no additional fused rings is 1. The van der Waals surface area contributed by atoms with Gasteiger partial charge in [-0.1, -0.05) is 48.5 Å². The molecular formula is C19H20N4O2. The second-order valence-corrected chi connectivity index (χ2v) is 5.66. The first kappa shape index (κ1) is 16.7. The molecule has 2 N–H and O–H groups in total. The summed E-state index contributed by atoms with van der Waals surface area (Å²) in [6, 6.07) is 16.8. The zero-order chi connectivity index (χ0) is 17.8. The first-order chi connectivity index (χ1) is 12.1. The van der Waals surface area contributed by atoms with E-state index in [9.17, 15) is 9.59 Å². The van der Waals surface area contributed by atoms with Crippen LogP contribution in [0.3, 0.4) is 0 Å². The number of aliphatic imine (C=N–C) groups is 1. The van der Waals surface area contributed by atoms with E-state index in [4.69, 9.17) is 0 Å². The number of benzene rings is 2. The highest BCUT2D eigenvalue weighted by molar-refractivity contribution is 6.20. The lowest BCUT2D eigenvalue weighted by Gasteiger charge is -2.20. The fourth-order valence-electron chi connectivity index (χ4n) is 2.78. The quantitative estimate of drug-likeness (QED) is 0.901. The number of nitrogens with one attached hydrogen (secondary N) is 2. The van der Waals surface area contributed by atoms with Gasteiger partial charge in [0.05, 0.1) is 11.4 Å². The molecule has 25 heavy (non-hydrogen) atoms. The molecule has 128 valence electrons. The molecule has 6 heteroatoms. The van der Waals surface area contributed by atoms with Gasteiger partial charge >= 0.3 is 6.03 Å². The van der Waals surface area contributed by atoms with Crippen LogP contribution in [-0.4, -0.2) is 37.4 Å². The summed E-state index contributed by atoms with van der Waals surface area (Å²) in [4.78, 5) is 30.9. The summed E-state index contributed by atoms with van der Waals surface area (Å²) < 4.78 is 0. The highest BCUT2D eigenvalue weighted by Gasteiger charge is 2.30. The predicted molar refractivity (Wildman–Crippen MR) is 97.9 cm³/mol. The molecule has 1 aliphatic rings. The Labute approximate surface area is 146 Å². The van der Waals surface area contributed by atoms with Crippen molar-refractivity contribution in [1.82, 2.24) is 10.6 Å². The van der Waals surface area contributed by atoms with Crippen molar-refractivity contribution in [3.63, 3.8) is 0 Å². The standard InChI is InChI=1S/C19H20N4O2/c1-3-20-19(25)22-17-18(24)23(2)15-12-8-7-11-14(15)16(21-17)13-9-5-4-6-10-13/h4-12,17H,3H2,1-2H3,(H2,20,22,25)/t17-/m0/s1. The van der Waals surface area contributed by atoms with Crippen molar-refractivity contribution >= 4 is 23.3 Å². The van der Waals surface area contributed by atoms with Crippen molar-refractivity contribution < 1.29 is 9.59 Å². The smallest absolute Gasteiger partial charge is 0.316 e. The molecule has 0 saturated carbocycles. The molecule has 1 heterocycles. The molecule has 2 aromatic carbocycles. The third kappa shape index (κ3) is 3.38. The van der Waals surface area contributed by atoms with Crippen LogP contribution in [0, 0.1) is 0 Å². The van der Waals surface area contributed by atoms with Crippen molar-refractivity contribution in [2.24, 2.45) is 4.99 Å². The lowest BCUT2D eigenvalue weighted by Crippen LogP contribution is -2.49. The van der Waals surface area contributed by atoms with Crippen LogP contribution in [0.25, 0.3) is 0 Å². The summed E-state index contributed by atoms with van der Waals surface area (Å²) in [6.07, 6.45) is -0.987. The average Bonchev–Trinajstić information content (AvgIpc) is 2.74. The Morgan fingerprint density at radius 2 is 1.80 bits per heavy atom. The largest absolute Gasteiger partial charge is 0.338 e. The Morgan fingerprint density at radius 3 is 2.52 bits per heavy atom. The minimum Gasteiger partial charge on any atom is -0.338 e. The van der Waals surface area contributed by atoms with E-state index in [1.165, 1.54) is 4.90 Å². The number of urea groups is 1. The van der Waals surface area contributed by atoms with Gasteiger partial charge in [-0.3, -0.25) is 4.79 Å². The Hall–Kier alpha value is -3.15. The fourth-order valence-corrected chi connectivity index (χ4v) is 2.78. The Kier molecular flexibility index (Phi) is 4.79. The number of rotatable bonds is 3. The minimum absolute atomic E-state index is 0.287. The maximum atomic E-state index is 12.8. The van der Waals surface area contributed by atoms with Gasteiger partial charge in [-0.2, -0.15) is 0 Å². The molecule has 6 nitrogen and oxygen atoms in total. The van der Waals surface area contributed by atoms with Gasteiger partial charge in [-0.05, 0) is 13.0 Å². The monoisotopic (exact) mass is 336 g/mol. The van der Waals surface area contributed by atoms with Gasteiger partial charge in [0, 0.05) is 24.7 Å². The molecule has 3 rings (SSSR count). The average molecular weight is 336 g/mol. The molecule has 1 atom stereocenters. The van der Waals surface area contributed by atoms with Gasteiger partial charge in [0.25, 0.3) is 5.91 Å². The van der Waals surface area contributed by atoms with E-state index in [1.807, 2.05) is 61.5 Å². The van der Waals surface area contributed by atoms with E-state index in [0.29, 0.717) is 12.3 Å². The third-order valence-corrected chi connectivity index (χ3v) is 4.00. The van der Waals surface area contributed by atoms with Crippen LogP contribution in [0.5, 0.6) is 0 Å². The van der Waals surface area contributed by atoms with Gasteiger partial charge in [0.15, 0.2) is 0 Å². The normalized spacial score (nSPS) is 16.6. The zero-order valence-electron chi connectivity index (χ0n) is 14.2. The van der Waals surface area contributed by atoms with Crippen molar-refractivity contribution in [3.8, 4) is 0 Å². The van der Waals surface area contributed by atoms with E-state index in [-0.39, 0.29) is 5.91 Å². The number of amides is 3. The molecule has 0 radical (unpaired) electrons. The summed E-state index contributed by atoms with van der Waals surface area (Å²) in [7, 11) is 1.69. The summed E-state index contributed by atoms with van der Waals surface area (Å²) in [5, 5.41) is 5.28. The van der Waals surface area contributed by atoms with Crippen LogP contribution in [-0.2, 0) is 4.79 Å². The van der Waals surface area contributed by atoms with E-state index in [2.05, 4.69) is 15.6 Å². The number of nitrogens with zero attached hydrogens (tertiary/aromatic N) is 2. The fraction of sp³-hybridized carbons (Fsp3) is 0.211. The van der Waals surface area contributed by atoms with Crippen LogP contribution in [0.2, 0.25) is 0 Å². The summed E-state index contributed by atoms with van der Waals surface area (Å²) in [5.74, 6) is -0.287. The van der Waals surface area contributed by atoms with Gasteiger partial charge in [-0.25, -0.2) is 9.79 Å². The highest BCUT2D eigenvalue weighted by atomic mass is 16.2. The summed E-state index contributed by atoms with van der Waals surface area (Å²) >= 11 is 0. The zero-order valence-corrected chi connectivity index (χ0v) is 14.2. The number of likely N-dealkylation sites (N-methyl/N-ethyl adjacent to an activating group) is 1. The molecular weight excluding hydrogens is 316 g/mol. The lowest BCUT2D eigenvalue weighted by atomic mass is 10.0. The number of carbonyl (C=O) groups excluding carboxylic acids is 2. The van der Waals surface area contributed by atoms with Crippen molar-refractivity contribution in [3.05, 3.63) is 65.7 Å². The second-order valence-electron chi connectivity index (χ2n) is 5.66. The maximum absolute atomic E-state index is 12.8. The maximum Gasteiger partial charge on any atom is 0.316 e. The SMILES string of the molecule is CCNC(=O)N[C@@H]1N=C(c2ccccc2)c2ccccc2N(C)C1=O. The molecule has 3 amide bonds. The number of anilines is 1. The molecule has 1 aliphatic heterocycles. The topological polar surface area (TPSA) is 73.8 Å². The van der Waals surface area contributed by atoms with Crippen molar-refractivity contribution in [2.45, 2.75) is 13.1 Å². The van der Waals surface area contributed by atoms with E-state index in [1.54, 1.807) is 7.05 Å². The predicted octanol–water partition coefficient (Wildman–Crippen LogP) is 2.15. The number of hydrogen-bond acceptors (Lipinski definition) is 3. The molecule has 0 unspecified atom stereocenters. The Bertz CT molecular complexity index is 817. The van der Waals surface area contributed by atoms with Gasteiger partial charge in [0.1, 0.15) is 0 Å². The first-order valence-corrected chi connectivity index (χ1v) is 8.16. The van der Waals surface area contributed by atoms with Crippen LogP contribution < -0.4 is 15.5 Å². The molecule has 0 bridgehead atoms. The third-order valence-electron chi connectivity index (χ3n) is 4.00. The van der Waals surface area contributed by atoms with Crippen LogP contribution >= 0.6 is 0 Å². The second kappa shape index (κ2) is 7.17. The van der Waals surface area contributed by atoms with Crippen LogP contribution in [0.15, 0.2) is 59.6 Å². The van der Waals surface area contributed by atoms with E-state index < -0.39 is 12.2 Å². The van der Waals surface area contributed by atoms with Crippen LogP contribution in [0.1, 0.15) is 18.1 Å². The van der Waals surface area contributed by atoms with E-state index in [0.717, 1.165) is 16.8 Å². The lowest BCUT2D eigenvalue weighted by molar-refractivity contribution is -0.119. The number of fused-ring (bicyclic) bond motifs is 1. The van der Waals surface area contributed by atoms with Gasteiger partial charge in [-0.15, -0.1) is 0 Å². The number of hydrogen-bond donors (Lipinski definition) is 2. The molecule has 0 fully saturated rings. The minimum atomic E-state index is -0.987.